The van der Waals surface area contributed by atoms with Crippen LogP contribution in [0.25, 0.3) is 0 Å². The molecule has 28 heavy (non-hydrogen) atoms. The number of carbonyl (C=O) groups is 1. The Morgan fingerprint density at radius 2 is 2.14 bits per heavy atom. The molecule has 2 heterocycles. The lowest BCUT2D eigenvalue weighted by atomic mass is 9.90. The highest BCUT2D eigenvalue weighted by Gasteiger charge is 2.43. The van der Waals surface area contributed by atoms with Gasteiger partial charge in [-0.05, 0) is 12.1 Å². The zero-order valence-corrected chi connectivity index (χ0v) is 16.4. The van der Waals surface area contributed by atoms with Gasteiger partial charge >= 0.3 is 6.61 Å². The van der Waals surface area contributed by atoms with Crippen LogP contribution in [0, 0.1) is 11.7 Å². The Morgan fingerprint density at radius 1 is 1.43 bits per heavy atom. The summed E-state index contributed by atoms with van der Waals surface area (Å²) in [5, 5.41) is 6.91. The van der Waals surface area contributed by atoms with E-state index in [4.69, 9.17) is 23.8 Å². The van der Waals surface area contributed by atoms with E-state index in [9.17, 15) is 18.0 Å². The molecule has 1 fully saturated rings. The van der Waals surface area contributed by atoms with Crippen molar-refractivity contribution < 1.29 is 22.7 Å². The first kappa shape index (κ1) is 20.4. The number of para-hydroxylation sites is 1. The van der Waals surface area contributed by atoms with Crippen molar-refractivity contribution in [2.24, 2.45) is 13.0 Å². The summed E-state index contributed by atoms with van der Waals surface area (Å²) in [6, 6.07) is 3.50. The number of likely N-dealkylation sites (tertiary alicyclic amines) is 1. The van der Waals surface area contributed by atoms with Gasteiger partial charge in [0.25, 0.3) is 0 Å². The van der Waals surface area contributed by atoms with Gasteiger partial charge in [-0.25, -0.2) is 4.39 Å². The first-order valence-electron chi connectivity index (χ1n) is 8.17. The van der Waals surface area contributed by atoms with E-state index in [0.717, 1.165) is 6.07 Å². The first-order chi connectivity index (χ1) is 13.2. The molecule has 2 atom stereocenters. The molecule has 1 aliphatic heterocycles. The van der Waals surface area contributed by atoms with Gasteiger partial charge in [0, 0.05) is 32.1 Å². The van der Waals surface area contributed by atoms with Crippen LogP contribution in [-0.4, -0.2) is 45.8 Å². The van der Waals surface area contributed by atoms with Gasteiger partial charge in [0.15, 0.2) is 11.6 Å². The average Bonchev–Trinajstić information content (AvgIpc) is 3.10. The standard InChI is InChI=1S/C17H16ClF3N4O2S/c1-24-7-9(8-6-22-25(2)14(8)18)12(16(24)28)15(26)23-11-5-3-4-10(19)13(11)27-17(20)21/h3-6,9,12,17H,7H2,1-2H3,(H,23,26)/t9-,12+/m1/s1. The van der Waals surface area contributed by atoms with Crippen LogP contribution < -0.4 is 10.1 Å². The second-order valence-electron chi connectivity index (χ2n) is 6.30. The molecule has 1 saturated heterocycles. The minimum absolute atomic E-state index is 0.210. The van der Waals surface area contributed by atoms with Crippen molar-refractivity contribution >= 4 is 40.4 Å². The van der Waals surface area contributed by atoms with Gasteiger partial charge in [0.05, 0.1) is 22.8 Å². The Kier molecular flexibility index (Phi) is 5.80. The van der Waals surface area contributed by atoms with Crippen molar-refractivity contribution in [3.05, 3.63) is 40.9 Å². The second-order valence-corrected chi connectivity index (χ2v) is 7.08. The van der Waals surface area contributed by atoms with Gasteiger partial charge in [-0.3, -0.25) is 9.48 Å². The number of thiocarbonyl (C=S) groups is 1. The monoisotopic (exact) mass is 432 g/mol. The van der Waals surface area contributed by atoms with Crippen LogP contribution in [0.2, 0.25) is 5.15 Å². The molecule has 0 saturated carbocycles. The molecular weight excluding hydrogens is 417 g/mol. The highest BCUT2D eigenvalue weighted by Crippen LogP contribution is 2.38. The smallest absolute Gasteiger partial charge is 0.387 e. The normalized spacial score (nSPS) is 19.4. The number of nitrogens with one attached hydrogen (secondary N) is 1. The fraction of sp³-hybridized carbons (Fsp3) is 0.353. The van der Waals surface area contributed by atoms with E-state index in [1.807, 2.05) is 0 Å². The van der Waals surface area contributed by atoms with Gasteiger partial charge in [-0.15, -0.1) is 0 Å². The molecule has 3 rings (SSSR count). The Labute approximate surface area is 169 Å². The molecule has 0 aliphatic carbocycles. The number of likely N-dealkylation sites (N-methyl/N-ethyl adjacent to an activating group) is 1. The number of rotatable bonds is 5. The third-order valence-electron chi connectivity index (χ3n) is 4.52. The van der Waals surface area contributed by atoms with Crippen LogP contribution in [0.3, 0.4) is 0 Å². The number of carbonyl (C=O) groups excluding carboxylic acids is 1. The van der Waals surface area contributed by atoms with E-state index in [-0.39, 0.29) is 5.69 Å². The number of aryl methyl sites for hydroxylation is 1. The van der Waals surface area contributed by atoms with E-state index in [1.165, 1.54) is 16.8 Å². The summed E-state index contributed by atoms with van der Waals surface area (Å²) in [6.45, 7) is -2.82. The zero-order chi connectivity index (χ0) is 20.6. The van der Waals surface area contributed by atoms with Crippen LogP contribution in [0.15, 0.2) is 24.4 Å². The molecule has 2 aromatic rings. The first-order valence-corrected chi connectivity index (χ1v) is 8.96. The number of ether oxygens (including phenoxy) is 1. The van der Waals surface area contributed by atoms with Gasteiger partial charge in [0.2, 0.25) is 5.91 Å². The largest absolute Gasteiger partial charge is 0.429 e. The number of hydrogen-bond acceptors (Lipinski definition) is 4. The summed E-state index contributed by atoms with van der Waals surface area (Å²) in [4.78, 5) is 15.0. The summed E-state index contributed by atoms with van der Waals surface area (Å²) in [6.07, 6.45) is 1.56. The fourth-order valence-electron chi connectivity index (χ4n) is 3.19. The number of benzene rings is 1. The maximum atomic E-state index is 13.9. The molecule has 1 amide bonds. The fourth-order valence-corrected chi connectivity index (χ4v) is 3.77. The number of nitrogens with zero attached hydrogens (tertiary/aromatic N) is 3. The lowest BCUT2D eigenvalue weighted by molar-refractivity contribution is -0.118. The number of hydrogen-bond donors (Lipinski definition) is 1. The highest BCUT2D eigenvalue weighted by atomic mass is 35.5. The summed E-state index contributed by atoms with van der Waals surface area (Å²) >= 11 is 11.7. The molecule has 0 unspecified atom stereocenters. The number of anilines is 1. The van der Waals surface area contributed by atoms with Crippen molar-refractivity contribution in [3.8, 4) is 5.75 Å². The summed E-state index contributed by atoms with van der Waals surface area (Å²) in [7, 11) is 3.40. The number of alkyl halides is 2. The maximum absolute atomic E-state index is 13.9. The Bertz CT molecular complexity index is 924. The van der Waals surface area contributed by atoms with Gasteiger partial charge in [-0.1, -0.05) is 29.9 Å². The van der Waals surface area contributed by atoms with Crippen LogP contribution in [0.4, 0.5) is 18.9 Å². The van der Waals surface area contributed by atoms with Gasteiger partial charge in [0.1, 0.15) is 5.15 Å². The number of aromatic nitrogens is 2. The van der Waals surface area contributed by atoms with E-state index >= 15 is 0 Å². The highest BCUT2D eigenvalue weighted by molar-refractivity contribution is 7.80. The molecule has 1 aromatic carbocycles. The summed E-state index contributed by atoms with van der Waals surface area (Å²) in [5.74, 6) is -3.55. The Morgan fingerprint density at radius 3 is 2.75 bits per heavy atom. The topological polar surface area (TPSA) is 59.4 Å². The third-order valence-corrected chi connectivity index (χ3v) is 5.55. The minimum atomic E-state index is -3.24. The molecule has 0 bridgehead atoms. The molecular formula is C17H16ClF3N4O2S. The van der Waals surface area contributed by atoms with Crippen LogP contribution >= 0.6 is 23.8 Å². The van der Waals surface area contributed by atoms with Crippen molar-refractivity contribution in [2.75, 3.05) is 18.9 Å². The number of halogens is 4. The summed E-state index contributed by atoms with van der Waals surface area (Å²) in [5.41, 5.74) is 0.429. The molecule has 1 N–H and O–H groups in total. The van der Waals surface area contributed by atoms with E-state index < -0.39 is 35.9 Å². The molecule has 1 aliphatic rings. The van der Waals surface area contributed by atoms with E-state index in [2.05, 4.69) is 15.2 Å². The second kappa shape index (κ2) is 7.96. The maximum Gasteiger partial charge on any atom is 0.387 e. The van der Waals surface area contributed by atoms with Crippen LogP contribution in [0.1, 0.15) is 11.5 Å². The van der Waals surface area contributed by atoms with Crippen molar-refractivity contribution in [3.63, 3.8) is 0 Å². The predicted molar refractivity (Wildman–Crippen MR) is 101 cm³/mol. The lowest BCUT2D eigenvalue weighted by Crippen LogP contribution is -2.32. The van der Waals surface area contributed by atoms with Crippen molar-refractivity contribution in [1.82, 2.24) is 14.7 Å². The molecule has 0 spiro atoms. The SMILES string of the molecule is CN1C[C@H](c2cnn(C)c2Cl)[C@@H](C(=O)Nc2cccc(F)c2OC(F)F)C1=S. The van der Waals surface area contributed by atoms with Crippen molar-refractivity contribution in [2.45, 2.75) is 12.5 Å². The molecule has 0 radical (unpaired) electrons. The van der Waals surface area contributed by atoms with Crippen molar-refractivity contribution in [1.29, 1.82) is 0 Å². The summed E-state index contributed by atoms with van der Waals surface area (Å²) < 4.78 is 44.8. The Balaban J connectivity index is 1.91. The third kappa shape index (κ3) is 3.79. The van der Waals surface area contributed by atoms with Crippen LogP contribution in [0.5, 0.6) is 5.75 Å². The number of amides is 1. The molecule has 150 valence electrons. The molecule has 11 heteroatoms. The Hall–Kier alpha value is -2.33. The van der Waals surface area contributed by atoms with E-state index in [0.29, 0.717) is 22.2 Å². The van der Waals surface area contributed by atoms with E-state index in [1.54, 1.807) is 25.2 Å². The zero-order valence-electron chi connectivity index (χ0n) is 14.8. The van der Waals surface area contributed by atoms with Crippen LogP contribution in [-0.2, 0) is 11.8 Å². The lowest BCUT2D eigenvalue weighted by Gasteiger charge is -2.19. The van der Waals surface area contributed by atoms with Gasteiger partial charge < -0.3 is 15.0 Å². The average molecular weight is 433 g/mol. The minimum Gasteiger partial charge on any atom is -0.429 e. The molecule has 6 nitrogen and oxygen atoms in total. The van der Waals surface area contributed by atoms with Gasteiger partial charge in [-0.2, -0.15) is 13.9 Å². The quantitative estimate of drug-likeness (QED) is 0.734. The molecule has 1 aromatic heterocycles. The predicted octanol–water partition coefficient (Wildman–Crippen LogP) is 3.43.